The van der Waals surface area contributed by atoms with Crippen LogP contribution in [0, 0.1) is 10.1 Å². The van der Waals surface area contributed by atoms with Gasteiger partial charge in [-0.15, -0.1) is 0 Å². The summed E-state index contributed by atoms with van der Waals surface area (Å²) in [5.74, 6) is -0.478. The van der Waals surface area contributed by atoms with Crippen LogP contribution < -0.4 is 16.6 Å². The number of H-pyrrole nitrogens is 1. The molecule has 3 N–H and O–H groups in total. The maximum atomic E-state index is 11.3. The molecule has 0 saturated carbocycles. The van der Waals surface area contributed by atoms with Gasteiger partial charge in [0.1, 0.15) is 12.3 Å². The Balaban J connectivity index is 2.79. The lowest BCUT2D eigenvalue weighted by atomic mass is 10.3. The highest BCUT2D eigenvalue weighted by Gasteiger charge is 2.38. The number of aromatic nitrogens is 2. The first-order valence-corrected chi connectivity index (χ1v) is 4.40. The quantitative estimate of drug-likeness (QED) is 0.306. The van der Waals surface area contributed by atoms with E-state index >= 15 is 0 Å². The van der Waals surface area contributed by atoms with Crippen LogP contribution in [-0.2, 0) is 4.79 Å². The SMILES string of the molecule is O=C[C@@H]1Nc2c([N+](=O)[O-])c(=O)[nH]c(=O)n2[C@@H]1O. The number of aliphatic hydroxyl groups is 1. The first kappa shape index (κ1) is 11.0. The van der Waals surface area contributed by atoms with Gasteiger partial charge in [0.25, 0.3) is 0 Å². The van der Waals surface area contributed by atoms with Crippen molar-refractivity contribution in [2.45, 2.75) is 12.3 Å². The van der Waals surface area contributed by atoms with Crippen LogP contribution in [0.15, 0.2) is 9.59 Å². The molecule has 1 aliphatic heterocycles. The van der Waals surface area contributed by atoms with E-state index in [-0.39, 0.29) is 6.29 Å². The predicted octanol–water partition coefficient (Wildman–Crippen LogP) is -2.07. The Hall–Kier alpha value is -2.49. The van der Waals surface area contributed by atoms with Crippen molar-refractivity contribution in [1.82, 2.24) is 9.55 Å². The zero-order chi connectivity index (χ0) is 12.7. The largest absolute Gasteiger partial charge is 0.374 e. The van der Waals surface area contributed by atoms with E-state index in [1.54, 1.807) is 4.98 Å². The molecule has 0 fully saturated rings. The van der Waals surface area contributed by atoms with Gasteiger partial charge in [0, 0.05) is 0 Å². The van der Waals surface area contributed by atoms with Crippen molar-refractivity contribution >= 4 is 17.8 Å². The maximum Gasteiger partial charge on any atom is 0.374 e. The van der Waals surface area contributed by atoms with Crippen LogP contribution in [-0.4, -0.2) is 31.9 Å². The summed E-state index contributed by atoms with van der Waals surface area (Å²) in [5, 5.41) is 22.4. The molecule has 1 aromatic heterocycles. The second-order valence-electron chi connectivity index (χ2n) is 3.30. The number of carbonyl (C=O) groups is 1. The molecule has 0 saturated heterocycles. The highest BCUT2D eigenvalue weighted by atomic mass is 16.6. The molecule has 0 unspecified atom stereocenters. The number of hydrogen-bond donors (Lipinski definition) is 3. The van der Waals surface area contributed by atoms with E-state index < -0.39 is 39.9 Å². The Labute approximate surface area is 91.7 Å². The third-order valence-corrected chi connectivity index (χ3v) is 2.34. The molecular weight excluding hydrogens is 236 g/mol. The lowest BCUT2D eigenvalue weighted by molar-refractivity contribution is -0.385. The summed E-state index contributed by atoms with van der Waals surface area (Å²) in [6, 6.07) is -1.21. The molecule has 17 heavy (non-hydrogen) atoms. The minimum Gasteiger partial charge on any atom is -0.370 e. The second kappa shape index (κ2) is 3.52. The molecule has 0 bridgehead atoms. The first-order chi connectivity index (χ1) is 7.97. The lowest BCUT2D eigenvalue weighted by Gasteiger charge is -2.06. The molecule has 0 aromatic carbocycles. The molecule has 10 nitrogen and oxygen atoms in total. The fourth-order valence-electron chi connectivity index (χ4n) is 1.60. The van der Waals surface area contributed by atoms with Gasteiger partial charge in [-0.2, -0.15) is 0 Å². The standard InChI is InChI=1S/C7H6N4O6/c12-1-2-6(14)10-4(8-2)3(11(16)17)5(13)9-7(10)15/h1-2,6,8,14H,(H,9,13,15)/t2-,6+/m0/s1. The monoisotopic (exact) mass is 242 g/mol. The molecule has 10 heteroatoms. The number of nitro groups is 1. The Kier molecular flexibility index (Phi) is 2.28. The minimum atomic E-state index is -1.59. The van der Waals surface area contributed by atoms with E-state index in [1.807, 2.05) is 0 Å². The fraction of sp³-hybridized carbons (Fsp3) is 0.286. The number of aliphatic hydroxyl groups excluding tert-OH is 1. The lowest BCUT2D eigenvalue weighted by Crippen LogP contribution is -2.33. The van der Waals surface area contributed by atoms with Crippen molar-refractivity contribution in [1.29, 1.82) is 0 Å². The zero-order valence-electron chi connectivity index (χ0n) is 8.11. The van der Waals surface area contributed by atoms with Crippen LogP contribution in [0.5, 0.6) is 0 Å². The van der Waals surface area contributed by atoms with Crippen LogP contribution >= 0.6 is 0 Å². The molecule has 0 amide bonds. The van der Waals surface area contributed by atoms with Gasteiger partial charge >= 0.3 is 16.9 Å². The molecule has 2 heterocycles. The molecule has 90 valence electrons. The van der Waals surface area contributed by atoms with Crippen molar-refractivity contribution in [2.75, 3.05) is 5.32 Å². The number of nitrogens with one attached hydrogen (secondary N) is 2. The van der Waals surface area contributed by atoms with Gasteiger partial charge in [-0.05, 0) is 0 Å². The van der Waals surface area contributed by atoms with Crippen LogP contribution in [0.4, 0.5) is 11.5 Å². The van der Waals surface area contributed by atoms with Crippen molar-refractivity contribution in [2.24, 2.45) is 0 Å². The third-order valence-electron chi connectivity index (χ3n) is 2.34. The number of carbonyl (C=O) groups excluding carboxylic acids is 1. The normalized spacial score (nSPS) is 21.7. The van der Waals surface area contributed by atoms with Crippen molar-refractivity contribution < 1.29 is 14.8 Å². The number of aldehydes is 1. The van der Waals surface area contributed by atoms with Crippen LogP contribution in [0.3, 0.4) is 0 Å². The van der Waals surface area contributed by atoms with Gasteiger partial charge < -0.3 is 15.2 Å². The van der Waals surface area contributed by atoms with Crippen LogP contribution in [0.2, 0.25) is 0 Å². The third kappa shape index (κ3) is 1.42. The number of anilines is 1. The summed E-state index contributed by atoms with van der Waals surface area (Å²) in [6.07, 6.45) is -1.31. The van der Waals surface area contributed by atoms with Gasteiger partial charge in [0.15, 0.2) is 12.0 Å². The van der Waals surface area contributed by atoms with E-state index in [9.17, 15) is 29.6 Å². The average molecular weight is 242 g/mol. The second-order valence-corrected chi connectivity index (χ2v) is 3.30. The van der Waals surface area contributed by atoms with E-state index in [0.717, 1.165) is 0 Å². The highest BCUT2D eigenvalue weighted by molar-refractivity contribution is 5.70. The van der Waals surface area contributed by atoms with Gasteiger partial charge in [-0.1, -0.05) is 0 Å². The summed E-state index contributed by atoms with van der Waals surface area (Å²) in [4.78, 5) is 44.5. The zero-order valence-corrected chi connectivity index (χ0v) is 8.11. The maximum absolute atomic E-state index is 11.3. The van der Waals surface area contributed by atoms with Crippen LogP contribution in [0.1, 0.15) is 6.23 Å². The topological polar surface area (TPSA) is 147 Å². The predicted molar refractivity (Wildman–Crippen MR) is 52.7 cm³/mol. The van der Waals surface area contributed by atoms with Crippen molar-refractivity contribution in [3.63, 3.8) is 0 Å². The van der Waals surface area contributed by atoms with E-state index in [2.05, 4.69) is 5.32 Å². The van der Waals surface area contributed by atoms with Crippen LogP contribution in [0.25, 0.3) is 0 Å². The highest BCUT2D eigenvalue weighted by Crippen LogP contribution is 2.28. The Morgan fingerprint density at radius 3 is 2.65 bits per heavy atom. The Morgan fingerprint density at radius 2 is 2.12 bits per heavy atom. The molecule has 0 aliphatic carbocycles. The van der Waals surface area contributed by atoms with Crippen molar-refractivity contribution in [3.8, 4) is 0 Å². The van der Waals surface area contributed by atoms with E-state index in [0.29, 0.717) is 4.57 Å². The average Bonchev–Trinajstić information content (AvgIpc) is 2.55. The number of nitrogens with zero attached hydrogens (tertiary/aromatic N) is 2. The van der Waals surface area contributed by atoms with Gasteiger partial charge in [0.2, 0.25) is 0 Å². The van der Waals surface area contributed by atoms with E-state index in [1.165, 1.54) is 0 Å². The number of fused-ring (bicyclic) bond motifs is 1. The number of rotatable bonds is 2. The molecule has 2 atom stereocenters. The smallest absolute Gasteiger partial charge is 0.370 e. The van der Waals surface area contributed by atoms with Gasteiger partial charge in [0.05, 0.1) is 4.92 Å². The van der Waals surface area contributed by atoms with Gasteiger partial charge in [-0.25, -0.2) is 9.36 Å². The molecule has 0 spiro atoms. The summed E-state index contributed by atoms with van der Waals surface area (Å²) < 4.78 is 0.554. The molecular formula is C7H6N4O6. The Morgan fingerprint density at radius 1 is 1.47 bits per heavy atom. The molecule has 1 aromatic rings. The summed E-state index contributed by atoms with van der Waals surface area (Å²) in [5.41, 5.74) is -3.15. The van der Waals surface area contributed by atoms with Gasteiger partial charge in [-0.3, -0.25) is 19.9 Å². The van der Waals surface area contributed by atoms with Crippen molar-refractivity contribution in [3.05, 3.63) is 31.0 Å². The summed E-state index contributed by atoms with van der Waals surface area (Å²) >= 11 is 0. The molecule has 2 rings (SSSR count). The summed E-state index contributed by atoms with van der Waals surface area (Å²) in [7, 11) is 0. The minimum absolute atomic E-state index is 0.283. The first-order valence-electron chi connectivity index (χ1n) is 4.40. The molecule has 1 aliphatic rings. The van der Waals surface area contributed by atoms with E-state index in [4.69, 9.17) is 0 Å². The summed E-state index contributed by atoms with van der Waals surface area (Å²) in [6.45, 7) is 0. The number of hydrogen-bond acceptors (Lipinski definition) is 7. The number of aromatic amines is 1. The fourth-order valence-corrected chi connectivity index (χ4v) is 1.60. The molecule has 0 radical (unpaired) electrons. The Bertz CT molecular complexity index is 616.